The fraction of sp³-hybridized carbons (Fsp3) is 0.0526. The predicted octanol–water partition coefficient (Wildman–Crippen LogP) is 3.12. The number of halogens is 2. The van der Waals surface area contributed by atoms with Crippen molar-refractivity contribution in [1.29, 1.82) is 0 Å². The lowest BCUT2D eigenvalue weighted by Crippen LogP contribution is -2.22. The monoisotopic (exact) mass is 413 g/mol. The van der Waals surface area contributed by atoms with Crippen LogP contribution in [0, 0.1) is 11.6 Å². The molecule has 4 rings (SSSR count). The van der Waals surface area contributed by atoms with E-state index in [1.54, 1.807) is 24.3 Å². The molecule has 2 heterocycles. The Morgan fingerprint density at radius 2 is 1.97 bits per heavy atom. The van der Waals surface area contributed by atoms with Gasteiger partial charge in [0.05, 0.1) is 23.3 Å². The number of carbonyl (C=O) groups excluding carboxylic acids is 1. The summed E-state index contributed by atoms with van der Waals surface area (Å²) in [5.74, 6) is -2.16. The van der Waals surface area contributed by atoms with Gasteiger partial charge in [0.2, 0.25) is 5.91 Å². The highest BCUT2D eigenvalue weighted by Gasteiger charge is 2.16. The molecular formula is C19H13F2N5O2S. The molecule has 0 atom stereocenters. The van der Waals surface area contributed by atoms with Crippen molar-refractivity contribution in [1.82, 2.24) is 19.7 Å². The molecule has 146 valence electrons. The molecule has 0 aliphatic carbocycles. The van der Waals surface area contributed by atoms with Crippen LogP contribution in [0.3, 0.4) is 0 Å². The third-order valence-electron chi connectivity index (χ3n) is 4.00. The minimum Gasteiger partial charge on any atom is -0.323 e. The molecule has 7 nitrogen and oxygen atoms in total. The van der Waals surface area contributed by atoms with Crippen molar-refractivity contribution in [3.63, 3.8) is 0 Å². The number of rotatable bonds is 5. The van der Waals surface area contributed by atoms with Crippen LogP contribution in [0.5, 0.6) is 0 Å². The normalized spacial score (nSPS) is 11.0. The molecule has 10 heteroatoms. The van der Waals surface area contributed by atoms with Gasteiger partial charge in [0.15, 0.2) is 10.8 Å². The van der Waals surface area contributed by atoms with Crippen LogP contribution in [0.15, 0.2) is 64.7 Å². The Morgan fingerprint density at radius 3 is 2.76 bits per heavy atom. The maximum Gasteiger partial charge on any atom is 0.269 e. The van der Waals surface area contributed by atoms with E-state index in [-0.39, 0.29) is 22.2 Å². The first-order chi connectivity index (χ1) is 14.0. The number of fused-ring (bicyclic) bond motifs is 1. The van der Waals surface area contributed by atoms with Crippen molar-refractivity contribution in [2.24, 2.45) is 0 Å². The van der Waals surface area contributed by atoms with Crippen molar-refractivity contribution in [2.75, 3.05) is 11.1 Å². The summed E-state index contributed by atoms with van der Waals surface area (Å²) in [6.45, 7) is 0. The molecule has 29 heavy (non-hydrogen) atoms. The average molecular weight is 413 g/mol. The summed E-state index contributed by atoms with van der Waals surface area (Å²) in [5, 5.41) is 9.37. The van der Waals surface area contributed by atoms with Crippen LogP contribution in [-0.2, 0) is 4.79 Å². The second kappa shape index (κ2) is 7.84. The number of H-pyrrole nitrogens is 1. The third kappa shape index (κ3) is 3.87. The molecular weight excluding hydrogens is 400 g/mol. The topological polar surface area (TPSA) is 92.7 Å². The molecule has 4 aromatic rings. The summed E-state index contributed by atoms with van der Waals surface area (Å²) in [4.78, 5) is 29.5. The van der Waals surface area contributed by atoms with Crippen molar-refractivity contribution in [3.8, 4) is 5.69 Å². The van der Waals surface area contributed by atoms with Crippen LogP contribution >= 0.6 is 11.8 Å². The standard InChI is InChI=1S/C19H13F2N5O2S/c20-11-6-7-14(21)15(8-11)23-16(27)10-29-19-24-17-13(9-22-25-17)18(28)26(19)12-4-2-1-3-5-12/h1-9H,10H2,(H,22,25)(H,23,27). The molecule has 0 unspecified atom stereocenters. The Morgan fingerprint density at radius 1 is 1.17 bits per heavy atom. The highest BCUT2D eigenvalue weighted by Crippen LogP contribution is 2.21. The number of amides is 1. The van der Waals surface area contributed by atoms with Crippen LogP contribution in [0.4, 0.5) is 14.5 Å². The minimum absolute atomic E-state index is 0.172. The van der Waals surface area contributed by atoms with Gasteiger partial charge in [-0.05, 0) is 24.3 Å². The number of thioether (sulfide) groups is 1. The average Bonchev–Trinajstić information content (AvgIpc) is 3.19. The van der Waals surface area contributed by atoms with Gasteiger partial charge in [-0.25, -0.2) is 13.8 Å². The van der Waals surface area contributed by atoms with Crippen LogP contribution in [-0.4, -0.2) is 31.4 Å². The van der Waals surface area contributed by atoms with Gasteiger partial charge in [0, 0.05) is 6.07 Å². The van der Waals surface area contributed by atoms with Crippen LogP contribution < -0.4 is 10.9 Å². The van der Waals surface area contributed by atoms with Crippen molar-refractivity contribution >= 4 is 34.4 Å². The van der Waals surface area contributed by atoms with E-state index in [4.69, 9.17) is 0 Å². The van der Waals surface area contributed by atoms with Gasteiger partial charge < -0.3 is 5.32 Å². The van der Waals surface area contributed by atoms with Gasteiger partial charge in [-0.2, -0.15) is 5.10 Å². The molecule has 0 fully saturated rings. The second-order valence-corrected chi connectivity index (χ2v) is 6.91. The van der Waals surface area contributed by atoms with E-state index in [0.717, 1.165) is 30.0 Å². The lowest BCUT2D eigenvalue weighted by Gasteiger charge is -2.12. The number of anilines is 1. The fourth-order valence-electron chi connectivity index (χ4n) is 2.69. The molecule has 0 saturated heterocycles. The molecule has 0 aliphatic rings. The minimum atomic E-state index is -0.747. The van der Waals surface area contributed by atoms with E-state index in [0.29, 0.717) is 16.7 Å². The number of aromatic amines is 1. The first-order valence-corrected chi connectivity index (χ1v) is 9.41. The first-order valence-electron chi connectivity index (χ1n) is 8.42. The number of nitrogens with zero attached hydrogens (tertiary/aromatic N) is 3. The zero-order chi connectivity index (χ0) is 20.4. The molecule has 1 amide bonds. The zero-order valence-electron chi connectivity index (χ0n) is 14.7. The molecule has 2 N–H and O–H groups in total. The summed E-state index contributed by atoms with van der Waals surface area (Å²) < 4.78 is 28.4. The van der Waals surface area contributed by atoms with Crippen LogP contribution in [0.2, 0.25) is 0 Å². The number of nitrogens with one attached hydrogen (secondary N) is 2. The third-order valence-corrected chi connectivity index (χ3v) is 4.94. The number of hydrogen-bond donors (Lipinski definition) is 2. The summed E-state index contributed by atoms with van der Waals surface area (Å²) in [6.07, 6.45) is 1.39. The van der Waals surface area contributed by atoms with Gasteiger partial charge in [0.1, 0.15) is 17.0 Å². The Balaban J connectivity index is 1.63. The van der Waals surface area contributed by atoms with E-state index in [1.807, 2.05) is 6.07 Å². The number of hydrogen-bond acceptors (Lipinski definition) is 5. The highest BCUT2D eigenvalue weighted by atomic mass is 32.2. The van der Waals surface area contributed by atoms with E-state index >= 15 is 0 Å². The van der Waals surface area contributed by atoms with Gasteiger partial charge in [0.25, 0.3) is 5.56 Å². The molecule has 0 radical (unpaired) electrons. The molecule has 0 saturated carbocycles. The lowest BCUT2D eigenvalue weighted by atomic mass is 10.3. The number of carbonyl (C=O) groups is 1. The van der Waals surface area contributed by atoms with E-state index in [2.05, 4.69) is 20.5 Å². The second-order valence-electron chi connectivity index (χ2n) is 5.96. The van der Waals surface area contributed by atoms with Gasteiger partial charge in [-0.1, -0.05) is 30.0 Å². The van der Waals surface area contributed by atoms with Gasteiger partial charge >= 0.3 is 0 Å². The number of aromatic nitrogens is 4. The molecule has 2 aromatic carbocycles. The van der Waals surface area contributed by atoms with Crippen molar-refractivity contribution in [2.45, 2.75) is 5.16 Å². The van der Waals surface area contributed by atoms with Crippen LogP contribution in [0.1, 0.15) is 0 Å². The Labute approximate surface area is 166 Å². The van der Waals surface area contributed by atoms with Crippen molar-refractivity contribution < 1.29 is 13.6 Å². The summed E-state index contributed by atoms with van der Waals surface area (Å²) in [5.41, 5.74) is 0.274. The largest absolute Gasteiger partial charge is 0.323 e. The smallest absolute Gasteiger partial charge is 0.269 e. The predicted molar refractivity (Wildman–Crippen MR) is 105 cm³/mol. The van der Waals surface area contributed by atoms with Crippen molar-refractivity contribution in [3.05, 3.63) is 76.7 Å². The maximum absolute atomic E-state index is 13.7. The fourth-order valence-corrected chi connectivity index (χ4v) is 3.49. The van der Waals surface area contributed by atoms with E-state index in [1.165, 1.54) is 10.8 Å². The van der Waals surface area contributed by atoms with Gasteiger partial charge in [-0.15, -0.1) is 0 Å². The SMILES string of the molecule is O=C(CSc1nc2[nH]ncc2c(=O)n1-c1ccccc1)Nc1cc(F)ccc1F. The Kier molecular flexibility index (Phi) is 5.09. The first kappa shape index (κ1) is 18.8. The summed E-state index contributed by atoms with van der Waals surface area (Å²) in [6, 6.07) is 11.6. The number of benzene rings is 2. The lowest BCUT2D eigenvalue weighted by molar-refractivity contribution is -0.113. The summed E-state index contributed by atoms with van der Waals surface area (Å²) >= 11 is 0.988. The zero-order valence-corrected chi connectivity index (χ0v) is 15.5. The van der Waals surface area contributed by atoms with Crippen LogP contribution in [0.25, 0.3) is 16.7 Å². The van der Waals surface area contributed by atoms with E-state index in [9.17, 15) is 18.4 Å². The van der Waals surface area contributed by atoms with E-state index < -0.39 is 17.5 Å². The Bertz CT molecular complexity index is 1260. The van der Waals surface area contributed by atoms with Gasteiger partial charge in [-0.3, -0.25) is 19.3 Å². The number of para-hydroxylation sites is 1. The molecule has 0 bridgehead atoms. The maximum atomic E-state index is 13.7. The Hall–Kier alpha value is -3.53. The quantitative estimate of drug-likeness (QED) is 0.387. The molecule has 0 aliphatic heterocycles. The highest BCUT2D eigenvalue weighted by molar-refractivity contribution is 7.99. The molecule has 2 aromatic heterocycles. The molecule has 0 spiro atoms. The summed E-state index contributed by atoms with van der Waals surface area (Å²) in [7, 11) is 0.